The predicted octanol–water partition coefficient (Wildman–Crippen LogP) is 2.50. The van der Waals surface area contributed by atoms with E-state index in [1.165, 1.54) is 0 Å². The molecule has 0 bridgehead atoms. The van der Waals surface area contributed by atoms with E-state index in [1.54, 1.807) is 0 Å². The van der Waals surface area contributed by atoms with Crippen LogP contribution in [0.4, 0.5) is 0 Å². The van der Waals surface area contributed by atoms with Crippen molar-refractivity contribution >= 4 is 0 Å². The van der Waals surface area contributed by atoms with Crippen LogP contribution in [0.2, 0.25) is 4.73 Å². The van der Waals surface area contributed by atoms with Gasteiger partial charge in [0.2, 0.25) is 0 Å². The summed E-state index contributed by atoms with van der Waals surface area (Å²) in [4.78, 5) is 0. The fraction of sp³-hybridized carbons (Fsp3) is 1.00. The molecule has 0 saturated heterocycles. The summed E-state index contributed by atoms with van der Waals surface area (Å²) in [6.45, 7) is 7.72. The van der Waals surface area contributed by atoms with E-state index in [1.807, 2.05) is 20.8 Å². The molecule has 14 heavy (non-hydrogen) atoms. The second-order valence-corrected chi connectivity index (χ2v) is 3.62. The van der Waals surface area contributed by atoms with Crippen molar-refractivity contribution in [3.05, 3.63) is 0 Å². The fourth-order valence-corrected chi connectivity index (χ4v) is 1.58. The molecule has 0 heterocycles. The summed E-state index contributed by atoms with van der Waals surface area (Å²) in [6, 6.07) is 0. The van der Waals surface area contributed by atoms with Crippen LogP contribution in [0.15, 0.2) is 0 Å². The molecule has 83 valence electrons. The molecular formula is C10H21O3Ti. The number of hydrogen-bond acceptors (Lipinski definition) is 3. The fourth-order valence-electron chi connectivity index (χ4n) is 1.31. The Kier molecular flexibility index (Phi) is 9.24. The zero-order valence-corrected chi connectivity index (χ0v) is 11.0. The van der Waals surface area contributed by atoms with E-state index < -0.39 is 5.97 Å². The zero-order chi connectivity index (χ0) is 10.9. The van der Waals surface area contributed by atoms with Crippen molar-refractivity contribution in [1.82, 2.24) is 0 Å². The minimum atomic E-state index is -0.797. The zero-order valence-electron chi connectivity index (χ0n) is 9.47. The van der Waals surface area contributed by atoms with Gasteiger partial charge in [-0.25, -0.2) is 0 Å². The molecule has 0 amide bonds. The topological polar surface area (TPSA) is 27.7 Å². The molecule has 0 saturated carbocycles. The summed E-state index contributed by atoms with van der Waals surface area (Å²) in [6.07, 6.45) is 1.86. The van der Waals surface area contributed by atoms with Gasteiger partial charge in [0.1, 0.15) is 0 Å². The Morgan fingerprint density at radius 1 is 0.929 bits per heavy atom. The molecule has 0 N–H and O–H groups in total. The van der Waals surface area contributed by atoms with E-state index >= 15 is 0 Å². The molecule has 0 aromatic rings. The third-order valence-corrected chi connectivity index (χ3v) is 2.30. The third-order valence-electron chi connectivity index (χ3n) is 1.75. The van der Waals surface area contributed by atoms with Gasteiger partial charge in [-0.05, 0) is 0 Å². The van der Waals surface area contributed by atoms with E-state index in [-0.39, 0.29) is 0 Å². The molecule has 0 aromatic carbocycles. The van der Waals surface area contributed by atoms with Crippen molar-refractivity contribution in [3.8, 4) is 0 Å². The first-order valence-corrected chi connectivity index (χ1v) is 6.41. The molecule has 0 fully saturated rings. The molecular weight excluding hydrogens is 216 g/mol. The standard InChI is InChI=1S/C10H21O3.Ti/c1-5-9-10(11-6-2,12-7-3)13-8-4;/h1,5-9H2,2-4H3;. The van der Waals surface area contributed by atoms with Crippen LogP contribution in [0.3, 0.4) is 0 Å². The van der Waals surface area contributed by atoms with E-state index in [2.05, 4.69) is 20.4 Å². The van der Waals surface area contributed by atoms with Gasteiger partial charge in [-0.3, -0.25) is 0 Å². The summed E-state index contributed by atoms with van der Waals surface area (Å²) >= 11 is 2.15. The van der Waals surface area contributed by atoms with Crippen LogP contribution in [0.1, 0.15) is 33.6 Å². The summed E-state index contributed by atoms with van der Waals surface area (Å²) in [5.74, 6) is -0.797. The molecule has 3 nitrogen and oxygen atoms in total. The van der Waals surface area contributed by atoms with E-state index in [0.717, 1.165) is 17.6 Å². The monoisotopic (exact) mass is 237 g/mol. The molecule has 0 aliphatic heterocycles. The van der Waals surface area contributed by atoms with Gasteiger partial charge in [-0.15, -0.1) is 0 Å². The molecule has 0 spiro atoms. The summed E-state index contributed by atoms with van der Waals surface area (Å²) in [7, 11) is 0. The van der Waals surface area contributed by atoms with Gasteiger partial charge in [0.25, 0.3) is 0 Å². The Hall–Kier alpha value is 0.594. The van der Waals surface area contributed by atoms with E-state index in [0.29, 0.717) is 19.8 Å². The molecule has 0 aromatic heterocycles. The third kappa shape index (κ3) is 5.47. The number of rotatable bonds is 9. The molecule has 0 rings (SSSR count). The summed E-state index contributed by atoms with van der Waals surface area (Å²) in [5, 5.41) is 0. The predicted molar refractivity (Wildman–Crippen MR) is 51.7 cm³/mol. The normalized spacial score (nSPS) is 11.9. The number of ether oxygens (including phenoxy) is 3. The van der Waals surface area contributed by atoms with Crippen LogP contribution < -0.4 is 0 Å². The first-order valence-electron chi connectivity index (χ1n) is 5.31. The average molecular weight is 237 g/mol. The van der Waals surface area contributed by atoms with Crippen LogP contribution in [0, 0.1) is 0 Å². The minimum absolute atomic E-state index is 0.615. The quantitative estimate of drug-likeness (QED) is 0.455. The van der Waals surface area contributed by atoms with Crippen molar-refractivity contribution in [2.75, 3.05) is 19.8 Å². The number of hydrogen-bond donors (Lipinski definition) is 0. The molecule has 0 unspecified atom stereocenters. The second-order valence-electron chi connectivity index (χ2n) is 2.84. The van der Waals surface area contributed by atoms with Crippen LogP contribution >= 0.6 is 0 Å². The first-order chi connectivity index (χ1) is 6.74. The second kappa shape index (κ2) is 8.87. The van der Waals surface area contributed by atoms with Crippen molar-refractivity contribution in [2.45, 2.75) is 44.3 Å². The van der Waals surface area contributed by atoms with E-state index in [9.17, 15) is 0 Å². The maximum absolute atomic E-state index is 5.57. The van der Waals surface area contributed by atoms with Crippen molar-refractivity contribution in [1.29, 1.82) is 0 Å². The molecule has 0 aliphatic carbocycles. The average Bonchev–Trinajstić information content (AvgIpc) is 2.16. The molecule has 0 atom stereocenters. The van der Waals surface area contributed by atoms with Crippen LogP contribution in [0.5, 0.6) is 0 Å². The summed E-state index contributed by atoms with van der Waals surface area (Å²) < 4.78 is 17.8. The molecule has 4 heteroatoms. The summed E-state index contributed by atoms with van der Waals surface area (Å²) in [5.41, 5.74) is 0. The van der Waals surface area contributed by atoms with E-state index in [4.69, 9.17) is 14.2 Å². The molecule has 0 radical (unpaired) electrons. The van der Waals surface area contributed by atoms with Gasteiger partial charge >= 0.3 is 98.8 Å². The van der Waals surface area contributed by atoms with Gasteiger partial charge in [0.05, 0.1) is 0 Å². The Labute approximate surface area is 98.9 Å². The van der Waals surface area contributed by atoms with Crippen LogP contribution in [-0.2, 0) is 34.6 Å². The van der Waals surface area contributed by atoms with Gasteiger partial charge < -0.3 is 0 Å². The van der Waals surface area contributed by atoms with Gasteiger partial charge in [-0.1, -0.05) is 0 Å². The SMILES string of the molecule is CCOC(CC[CH2][Ti])(OCC)OCC. The Balaban J connectivity index is 4.21. The Morgan fingerprint density at radius 2 is 1.36 bits per heavy atom. The first kappa shape index (κ1) is 14.6. The van der Waals surface area contributed by atoms with Gasteiger partial charge in [-0.2, -0.15) is 0 Å². The van der Waals surface area contributed by atoms with Crippen molar-refractivity contribution in [3.63, 3.8) is 0 Å². The molecule has 0 aliphatic rings. The Bertz CT molecular complexity index is 114. The maximum atomic E-state index is 5.57. The van der Waals surface area contributed by atoms with Crippen molar-refractivity contribution in [2.24, 2.45) is 0 Å². The van der Waals surface area contributed by atoms with Crippen molar-refractivity contribution < 1.29 is 34.6 Å². The van der Waals surface area contributed by atoms with Crippen LogP contribution in [0.25, 0.3) is 0 Å². The van der Waals surface area contributed by atoms with Crippen LogP contribution in [-0.4, -0.2) is 25.8 Å². The van der Waals surface area contributed by atoms with Gasteiger partial charge in [0, 0.05) is 0 Å². The van der Waals surface area contributed by atoms with Gasteiger partial charge in [0.15, 0.2) is 0 Å². The Morgan fingerprint density at radius 3 is 1.64 bits per heavy atom.